The molecule has 2 aromatic carbocycles. The van der Waals surface area contributed by atoms with Crippen molar-refractivity contribution in [1.29, 1.82) is 0 Å². The maximum absolute atomic E-state index is 2.84. The number of hydrogen-bond donors (Lipinski definition) is 0. The number of rotatable bonds is 10. The van der Waals surface area contributed by atoms with Gasteiger partial charge in [-0.3, -0.25) is 0 Å². The van der Waals surface area contributed by atoms with Gasteiger partial charge in [0.15, 0.2) is 0 Å². The van der Waals surface area contributed by atoms with Crippen LogP contribution in [0.3, 0.4) is 0 Å². The first kappa shape index (κ1) is 119. The summed E-state index contributed by atoms with van der Waals surface area (Å²) in [7, 11) is 2.26. The van der Waals surface area contributed by atoms with Crippen LogP contribution in [0.5, 0.6) is 0 Å². The Balaban J connectivity index is 0.000000178. The molecule has 21 rings (SSSR count). The Morgan fingerprint density at radius 3 is 1.07 bits per heavy atom. The first-order valence-electron chi connectivity index (χ1n) is 58.8. The monoisotopic (exact) mass is 2320 g/mol. The van der Waals surface area contributed by atoms with Crippen molar-refractivity contribution in [2.24, 2.45) is 0 Å². The Morgan fingerprint density at radius 1 is 0.318 bits per heavy atom. The summed E-state index contributed by atoms with van der Waals surface area (Å²) in [5.74, 6) is 0. The Kier molecular flexibility index (Phi) is 72.4. The molecule has 1 aliphatic carbocycles. The molecule has 18 heterocycles. The molecule has 19 fully saturated rings. The van der Waals surface area contributed by atoms with E-state index in [-0.39, 0.29) is 56.6 Å². The fourth-order valence-electron chi connectivity index (χ4n) is 25.6. The number of anilines is 2. The van der Waals surface area contributed by atoms with Crippen LogP contribution in [0.2, 0.25) is 147 Å². The van der Waals surface area contributed by atoms with Gasteiger partial charge in [0.1, 0.15) is 0 Å². The molecular weight excluding hydrogens is 2110 g/mol. The van der Waals surface area contributed by atoms with Crippen molar-refractivity contribution in [2.75, 3.05) is 187 Å². The SMILES string of the molecule is C1CN2CC[CH2][Al]([CH2]1)[CH2]CC2.C1C[CH2][Al]2[CH2]CCCN(C1)CCC[CH2]2.C1C[CH2][Ga]2[CH2]CCCN(C1)CCC[CH2]2.C1[CH2][Al]2[CH2]CN1C[CH2]2.CCCN1CC[CH2][In]([CH2]CC)[CH2]CC1.CCN1CC[CH2][In]([CH2]C)[CH2]CC1.CN1CC[CH2][In]([CH3])[CH2]CC1.C[CH2][Al]1[CH2]CCN(c2ccccc2)CC[CH2]1.[CH3][Ga]1[CH2]CCN(C2CCCCC2)CC[CH2]1.[CH3][Ga]1[CH2]CCN(c2ccccc2)CC[CH2]1. The maximum atomic E-state index is 2.84. The van der Waals surface area contributed by atoms with Crippen molar-refractivity contribution in [2.45, 2.75) is 406 Å². The van der Waals surface area contributed by atoms with Crippen LogP contribution in [0.4, 0.5) is 11.4 Å². The molecule has 19 aliphatic rings. The fraction of sp³-hybridized carbons (Fsp3) is 0.890. The van der Waals surface area contributed by atoms with Crippen LogP contribution in [-0.2, 0) is 0 Å². The molecule has 0 amide bonds. The molecule has 20 heteroatoms. The molecule has 8 bridgehead atoms. The molecule has 0 N–H and O–H groups in total. The van der Waals surface area contributed by atoms with Gasteiger partial charge >= 0.3 is 549 Å². The van der Waals surface area contributed by atoms with Crippen LogP contribution >= 0.6 is 0 Å². The topological polar surface area (TPSA) is 32.4 Å². The molecule has 1 saturated carbocycles. The fourth-order valence-corrected chi connectivity index (χ4v) is 76.3. The molecule has 728 valence electrons. The number of nitrogens with zero attached hydrogens (tertiary/aromatic N) is 10. The summed E-state index contributed by atoms with van der Waals surface area (Å²) in [5.41, 5.74) is 8.02. The van der Waals surface area contributed by atoms with E-state index in [0.717, 1.165) is 6.04 Å². The quantitative estimate of drug-likeness (QED) is 0.215. The van der Waals surface area contributed by atoms with Gasteiger partial charge in [0, 0.05) is 18.8 Å². The van der Waals surface area contributed by atoms with Crippen LogP contribution < -0.4 is 9.80 Å². The summed E-state index contributed by atoms with van der Waals surface area (Å²) in [4.78, 5) is 38.1. The van der Waals surface area contributed by atoms with E-state index in [1.165, 1.54) is 367 Å². The van der Waals surface area contributed by atoms with E-state index in [1.807, 2.05) is 0 Å². The van der Waals surface area contributed by atoms with Gasteiger partial charge in [0.2, 0.25) is 0 Å². The van der Waals surface area contributed by atoms with E-state index in [2.05, 4.69) is 167 Å². The Morgan fingerprint density at radius 2 is 0.682 bits per heavy atom. The van der Waals surface area contributed by atoms with Crippen LogP contribution in [0, 0.1) is 0 Å². The first-order chi connectivity index (χ1) is 63.4. The molecule has 10 nitrogen and oxygen atoms in total. The van der Waals surface area contributed by atoms with Gasteiger partial charge in [0.05, 0.1) is 0 Å². The summed E-state index contributed by atoms with van der Waals surface area (Å²) in [6.07, 6.45) is 51.0. The molecule has 0 atom stereocenters. The normalized spacial score (nSPS) is 23.8. The number of fused-ring (bicyclic) bond motifs is 27. The van der Waals surface area contributed by atoms with E-state index in [4.69, 9.17) is 0 Å². The van der Waals surface area contributed by atoms with Gasteiger partial charge in [-0.25, -0.2) is 0 Å². The van der Waals surface area contributed by atoms with Gasteiger partial charge < -0.3 is 19.6 Å². The molecule has 0 radical (unpaired) electrons. The number of para-hydroxylation sites is 2. The van der Waals surface area contributed by atoms with E-state index in [1.54, 1.807) is 165 Å². The third-order valence-corrected chi connectivity index (χ3v) is 97.2. The molecule has 0 aromatic heterocycles. The van der Waals surface area contributed by atoms with Crippen molar-refractivity contribution < 1.29 is 0 Å². The summed E-state index contributed by atoms with van der Waals surface area (Å²) in [6, 6.07) is 22.8. The minimum atomic E-state index is -0.950. The van der Waals surface area contributed by atoms with Crippen molar-refractivity contribution in [3.63, 3.8) is 0 Å². The third-order valence-electron chi connectivity index (χ3n) is 34.4. The zero-order valence-electron chi connectivity index (χ0n) is 88.1. The van der Waals surface area contributed by atoms with Gasteiger partial charge in [-0.2, -0.15) is 0 Å². The molecule has 129 heavy (non-hydrogen) atoms. The van der Waals surface area contributed by atoms with E-state index in [9.17, 15) is 0 Å². The minimum absolute atomic E-state index is 0.0810. The summed E-state index contributed by atoms with van der Waals surface area (Å²) in [6.45, 7) is 47.8. The molecular formula is C109H212Al4Ga3In3N10. The second-order valence-corrected chi connectivity index (χ2v) is 111. The second kappa shape index (κ2) is 78.7. The molecule has 2 aromatic rings. The van der Waals surface area contributed by atoms with Gasteiger partial charge in [-0.05, 0) is 103 Å². The summed E-state index contributed by atoms with van der Waals surface area (Å²) >= 11 is -5.73. The van der Waals surface area contributed by atoms with Gasteiger partial charge in [0.25, 0.3) is 56.6 Å². The van der Waals surface area contributed by atoms with E-state index in [0.29, 0.717) is 0 Å². The second-order valence-electron chi connectivity index (χ2n) is 45.4. The van der Waals surface area contributed by atoms with Crippen molar-refractivity contribution >= 4 is 181 Å². The van der Waals surface area contributed by atoms with Crippen molar-refractivity contribution in [1.82, 2.24) is 39.2 Å². The molecule has 18 aliphatic heterocycles. The first-order valence-corrected chi connectivity index (χ1v) is 107. The predicted molar refractivity (Wildman–Crippen MR) is 599 cm³/mol. The average Bonchev–Trinajstić information content (AvgIpc) is 0.875. The van der Waals surface area contributed by atoms with Crippen molar-refractivity contribution in [3.8, 4) is 0 Å². The van der Waals surface area contributed by atoms with Crippen LogP contribution in [-0.4, -0.2) is 392 Å². The van der Waals surface area contributed by atoms with E-state index >= 15 is 0 Å². The Labute approximate surface area is 863 Å². The Hall–Kier alpha value is 4.37. The Bertz CT molecular complexity index is 2590. The summed E-state index contributed by atoms with van der Waals surface area (Å²) in [5, 5.41) is 19.4. The number of hydrogen-bond acceptors (Lipinski definition) is 10. The van der Waals surface area contributed by atoms with Crippen LogP contribution in [0.15, 0.2) is 60.7 Å². The van der Waals surface area contributed by atoms with E-state index < -0.39 is 113 Å². The zero-order valence-corrected chi connectivity index (χ0v) is 110. The zero-order chi connectivity index (χ0) is 90.9. The standard InChI is InChI=1S/C12H23N.2C12H17N.2C12H24N.C9H19N.C9H18N.C8H17N.C7H15N.C6H12N.C3H7.2C2H5.3CH3.4Al.3Ga.3In/c3*1-3-10-13(11-4-2)12-8-6-5-7-9-12;2*1-4-7-10-13(11-8-5-2)12-9-6-3;2*1-4-7-10(8-5-2)9-6-3;1-4-7-9(6-3)8-5-2;1-4-6-8(3)7-5-2;1-4-7(5-2)6-3;1-3-2;2*1-2;;;;;;;;;;;;;/h12H,1-11H2;2*5-9H,1-4,10-11H2;2*1-12H2;1-2,4-9H2,3H3;1-9H2;1-2,4-8H2,3H3;1-2,4-7H2,3H3;1-6H2;1,3H2,2H3;2*1H2,2H3;3*1H3;;;;;;;;;;. The van der Waals surface area contributed by atoms with Crippen LogP contribution in [0.1, 0.15) is 253 Å². The van der Waals surface area contributed by atoms with Gasteiger partial charge in [-0.15, -0.1) is 0 Å². The van der Waals surface area contributed by atoms with Crippen LogP contribution in [0.25, 0.3) is 0 Å². The van der Waals surface area contributed by atoms with Crippen molar-refractivity contribution in [3.05, 3.63) is 60.7 Å². The predicted octanol–water partition coefficient (Wildman–Crippen LogP) is 27.7. The van der Waals surface area contributed by atoms with Gasteiger partial charge in [-0.1, -0.05) is 127 Å². The molecule has 0 spiro atoms. The third kappa shape index (κ3) is 56.6. The molecule has 18 saturated heterocycles. The number of benzene rings is 2. The average molecular weight is 2320 g/mol. The summed E-state index contributed by atoms with van der Waals surface area (Å²) < 4.78 is 15.9. The molecule has 0 unspecified atom stereocenters.